The molecule has 8 heteroatoms. The van der Waals surface area contributed by atoms with Crippen LogP contribution in [0.15, 0.2) is 110 Å². The Bertz CT molecular complexity index is 2470. The van der Waals surface area contributed by atoms with Gasteiger partial charge in [0.1, 0.15) is 6.04 Å². The summed E-state index contributed by atoms with van der Waals surface area (Å²) in [4.78, 5) is 38.6. The number of aliphatic carboxylic acids is 1. The van der Waals surface area contributed by atoms with E-state index < -0.39 is 12.0 Å². The van der Waals surface area contributed by atoms with Gasteiger partial charge in [-0.05, 0) is 111 Å². The van der Waals surface area contributed by atoms with E-state index in [1.54, 1.807) is 11.0 Å². The third-order valence-corrected chi connectivity index (χ3v) is 10.1. The highest BCUT2D eigenvalue weighted by molar-refractivity contribution is 6.04. The van der Waals surface area contributed by atoms with Crippen LogP contribution >= 0.6 is 0 Å². The highest BCUT2D eigenvalue weighted by Gasteiger charge is 2.32. The van der Waals surface area contributed by atoms with Crippen molar-refractivity contribution >= 4 is 53.1 Å². The Kier molecular flexibility index (Phi) is 10.3. The Morgan fingerprint density at radius 1 is 0.906 bits per heavy atom. The molecule has 2 aliphatic carbocycles. The van der Waals surface area contributed by atoms with Gasteiger partial charge in [0.25, 0.3) is 5.91 Å². The van der Waals surface area contributed by atoms with Crippen LogP contribution in [0.2, 0.25) is 0 Å². The molecule has 3 aliphatic rings. The molecule has 0 aromatic heterocycles. The molecule has 0 saturated heterocycles. The number of hydrogen-bond donors (Lipinski definition) is 4. The first-order valence-corrected chi connectivity index (χ1v) is 18.0. The summed E-state index contributed by atoms with van der Waals surface area (Å²) in [5.74, 6) is -1.37. The topological polar surface area (TPSA) is 125 Å². The van der Waals surface area contributed by atoms with E-state index in [1.165, 1.54) is 46.0 Å². The number of amides is 2. The van der Waals surface area contributed by atoms with E-state index in [4.69, 9.17) is 10.8 Å². The maximum atomic E-state index is 13.0. The largest absolute Gasteiger partial charge is 0.481 e. The molecule has 1 heterocycles. The number of nitrogens with two attached hydrogens (primary N) is 1. The Hall–Kier alpha value is -6.25. The van der Waals surface area contributed by atoms with Gasteiger partial charge in [-0.15, -0.1) is 0 Å². The van der Waals surface area contributed by atoms with Gasteiger partial charge >= 0.3 is 5.97 Å². The summed E-state index contributed by atoms with van der Waals surface area (Å²) < 4.78 is 0. The zero-order chi connectivity index (χ0) is 36.9. The molecule has 0 saturated carbocycles. The molecule has 5 N–H and O–H groups in total. The minimum absolute atomic E-state index is 0.0961. The highest BCUT2D eigenvalue weighted by Crippen LogP contribution is 2.30. The minimum atomic E-state index is -1.02. The van der Waals surface area contributed by atoms with Crippen LogP contribution in [0, 0.1) is 10.4 Å². The van der Waals surface area contributed by atoms with Crippen LogP contribution in [-0.4, -0.2) is 28.9 Å². The zero-order valence-electron chi connectivity index (χ0n) is 29.5. The molecule has 1 aliphatic heterocycles. The van der Waals surface area contributed by atoms with Crippen molar-refractivity contribution in [3.05, 3.63) is 164 Å². The van der Waals surface area contributed by atoms with Crippen molar-refractivity contribution < 1.29 is 19.5 Å². The molecule has 1 unspecified atom stereocenters. The number of nitrogens with zero attached hydrogens (tertiary/aromatic N) is 1. The lowest BCUT2D eigenvalue weighted by Gasteiger charge is -2.25. The molecule has 8 rings (SSSR count). The fourth-order valence-electron chi connectivity index (χ4n) is 7.44. The number of anilines is 3. The van der Waals surface area contributed by atoms with Gasteiger partial charge in [0.05, 0.1) is 18.7 Å². The van der Waals surface area contributed by atoms with Gasteiger partial charge < -0.3 is 26.4 Å². The number of carbonyl (C=O) groups excluding carboxylic acids is 2. The SMILES string of the molecule is C=Cc1ccccc1N1Cc2ccccc2NC(CC(=O)O)C1=O.NCc1cccc(NC(=O)c2ccc3c(c2)=CCc2c4c(ccc2=3)=CCCC4)c1. The Balaban J connectivity index is 0.000000168. The third kappa shape index (κ3) is 7.54. The van der Waals surface area contributed by atoms with E-state index in [0.717, 1.165) is 45.4 Å². The number of benzene rings is 5. The van der Waals surface area contributed by atoms with Crippen molar-refractivity contribution in [1.82, 2.24) is 0 Å². The molecule has 266 valence electrons. The van der Waals surface area contributed by atoms with Gasteiger partial charge in [-0.1, -0.05) is 91.5 Å². The molecule has 0 radical (unpaired) electrons. The molecule has 0 spiro atoms. The molecule has 5 aromatic carbocycles. The van der Waals surface area contributed by atoms with Crippen molar-refractivity contribution in [3.8, 4) is 0 Å². The zero-order valence-corrected chi connectivity index (χ0v) is 29.5. The minimum Gasteiger partial charge on any atom is -0.481 e. The quantitative estimate of drug-likeness (QED) is 0.159. The number of carbonyl (C=O) groups is 3. The Labute approximate surface area is 308 Å². The number of fused-ring (bicyclic) bond motifs is 5. The number of nitrogens with one attached hydrogen (secondary N) is 2. The molecule has 0 fully saturated rings. The van der Waals surface area contributed by atoms with Gasteiger partial charge in [-0.3, -0.25) is 14.4 Å². The summed E-state index contributed by atoms with van der Waals surface area (Å²) in [6, 6.07) is 32.4. The van der Waals surface area contributed by atoms with Crippen LogP contribution in [-0.2, 0) is 35.5 Å². The van der Waals surface area contributed by atoms with Crippen LogP contribution in [0.3, 0.4) is 0 Å². The van der Waals surface area contributed by atoms with E-state index in [1.807, 2.05) is 84.9 Å². The second-order valence-corrected chi connectivity index (χ2v) is 13.5. The lowest BCUT2D eigenvalue weighted by molar-refractivity contribution is -0.138. The van der Waals surface area contributed by atoms with Crippen molar-refractivity contribution in [1.29, 1.82) is 0 Å². The maximum Gasteiger partial charge on any atom is 0.305 e. The molecule has 5 aromatic rings. The lowest BCUT2D eigenvalue weighted by atomic mass is 9.88. The summed E-state index contributed by atoms with van der Waals surface area (Å²) in [6.07, 6.45) is 10.6. The first-order chi connectivity index (χ1) is 25.8. The number of carboxylic acids is 1. The van der Waals surface area contributed by atoms with E-state index in [2.05, 4.69) is 47.6 Å². The van der Waals surface area contributed by atoms with Gasteiger partial charge in [-0.25, -0.2) is 0 Å². The van der Waals surface area contributed by atoms with E-state index in [0.29, 0.717) is 18.7 Å². The maximum absolute atomic E-state index is 13.0. The number of carboxylic acid groups (broad SMARTS) is 1. The molecule has 2 amide bonds. The van der Waals surface area contributed by atoms with Crippen molar-refractivity contribution in [2.24, 2.45) is 5.73 Å². The summed E-state index contributed by atoms with van der Waals surface area (Å²) in [6.45, 7) is 4.63. The fourth-order valence-corrected chi connectivity index (χ4v) is 7.44. The fraction of sp³-hybridized carbons (Fsp3) is 0.178. The van der Waals surface area contributed by atoms with Crippen LogP contribution < -0.4 is 31.7 Å². The number of rotatable bonds is 7. The summed E-state index contributed by atoms with van der Waals surface area (Å²) in [7, 11) is 0. The summed E-state index contributed by atoms with van der Waals surface area (Å²) in [5, 5.41) is 20.3. The predicted molar refractivity (Wildman–Crippen MR) is 211 cm³/mol. The van der Waals surface area contributed by atoms with Gasteiger partial charge in [0.15, 0.2) is 0 Å². The normalized spacial score (nSPS) is 15.2. The van der Waals surface area contributed by atoms with Crippen LogP contribution in [0.1, 0.15) is 57.4 Å². The standard InChI is InChI=1S/C26H24N2O.C19H18N2O3/c27-16-17-4-3-6-21(14-17)28-26(29)20-10-11-23-19(15-20)9-13-24-22-7-2-1-5-18(22)8-12-25(23)24;1-2-13-7-4-6-10-17(13)21-12-14-8-3-5-9-15(14)20-16(19(21)24)11-18(22)23/h3-6,8-12,14-15H,1-2,7,13,16,27H2,(H,28,29);2-10,16,20H,1,11-12H2,(H,22,23). The lowest BCUT2D eigenvalue weighted by Crippen LogP contribution is -2.42. The van der Waals surface area contributed by atoms with Gasteiger partial charge in [0.2, 0.25) is 5.91 Å². The molecule has 0 bridgehead atoms. The average Bonchev–Trinajstić information content (AvgIpc) is 3.32. The second-order valence-electron chi connectivity index (χ2n) is 13.5. The predicted octanol–water partition coefficient (Wildman–Crippen LogP) is 6.27. The third-order valence-electron chi connectivity index (χ3n) is 10.1. The summed E-state index contributed by atoms with van der Waals surface area (Å²) >= 11 is 0. The summed E-state index contributed by atoms with van der Waals surface area (Å²) in [5.41, 5.74) is 14.4. The van der Waals surface area contributed by atoms with Gasteiger partial charge in [0, 0.05) is 23.5 Å². The van der Waals surface area contributed by atoms with Crippen LogP contribution in [0.4, 0.5) is 17.1 Å². The Morgan fingerprint density at radius 2 is 1.72 bits per heavy atom. The van der Waals surface area contributed by atoms with Crippen LogP contribution in [0.5, 0.6) is 0 Å². The van der Waals surface area contributed by atoms with E-state index in [-0.39, 0.29) is 18.2 Å². The monoisotopic (exact) mass is 702 g/mol. The second kappa shape index (κ2) is 15.6. The first kappa shape index (κ1) is 35.2. The average molecular weight is 703 g/mol. The van der Waals surface area contributed by atoms with Crippen molar-refractivity contribution in [2.75, 3.05) is 15.5 Å². The molecule has 53 heavy (non-hydrogen) atoms. The Morgan fingerprint density at radius 3 is 2.55 bits per heavy atom. The van der Waals surface area contributed by atoms with E-state index in [9.17, 15) is 14.4 Å². The van der Waals surface area contributed by atoms with Crippen molar-refractivity contribution in [3.63, 3.8) is 0 Å². The smallest absolute Gasteiger partial charge is 0.305 e. The van der Waals surface area contributed by atoms with Gasteiger partial charge in [-0.2, -0.15) is 0 Å². The first-order valence-electron chi connectivity index (χ1n) is 18.0. The van der Waals surface area contributed by atoms with E-state index >= 15 is 0 Å². The number of para-hydroxylation sites is 2. The highest BCUT2D eigenvalue weighted by atomic mass is 16.4. The number of hydrogen-bond acceptors (Lipinski definition) is 5. The molecular weight excluding hydrogens is 661 g/mol. The molecule has 8 nitrogen and oxygen atoms in total. The van der Waals surface area contributed by atoms with Crippen molar-refractivity contribution in [2.45, 2.75) is 51.2 Å². The molecule has 1 atom stereocenters. The molecular formula is C45H42N4O4. The van der Waals surface area contributed by atoms with Crippen LogP contribution in [0.25, 0.3) is 18.2 Å².